The molecule has 152 valence electrons. The van der Waals surface area contributed by atoms with Crippen LogP contribution in [0.1, 0.15) is 55.1 Å². The highest BCUT2D eigenvalue weighted by molar-refractivity contribution is 6.03. The molecule has 2 aromatic rings. The summed E-state index contributed by atoms with van der Waals surface area (Å²) in [5.41, 5.74) is 2.49. The Morgan fingerprint density at radius 3 is 2.68 bits per heavy atom. The first-order valence-electron chi connectivity index (χ1n) is 10.2. The molecule has 1 aromatic carbocycles. The van der Waals surface area contributed by atoms with Gasteiger partial charge in [0.1, 0.15) is 0 Å². The third kappa shape index (κ3) is 5.06. The quantitative estimate of drug-likeness (QED) is 0.813. The number of amides is 1. The molecule has 7 heteroatoms. The molecular formula is C21H30ClN5O. The van der Waals surface area contributed by atoms with Crippen molar-refractivity contribution in [3.05, 3.63) is 42.2 Å². The van der Waals surface area contributed by atoms with E-state index < -0.39 is 0 Å². The number of hydrogen-bond acceptors (Lipinski definition) is 4. The minimum Gasteiger partial charge on any atom is -0.371 e. The molecule has 2 saturated heterocycles. The predicted molar refractivity (Wildman–Crippen MR) is 116 cm³/mol. The normalized spacial score (nSPS) is 20.1. The highest BCUT2D eigenvalue weighted by atomic mass is 35.5. The monoisotopic (exact) mass is 403 g/mol. The van der Waals surface area contributed by atoms with Gasteiger partial charge in [-0.1, -0.05) is 18.9 Å². The molecule has 0 aliphatic carbocycles. The van der Waals surface area contributed by atoms with Gasteiger partial charge in [-0.15, -0.1) is 12.4 Å². The fraction of sp³-hybridized carbons (Fsp3) is 0.524. The number of nitrogens with one attached hydrogen (secondary N) is 2. The van der Waals surface area contributed by atoms with Gasteiger partial charge in [0.25, 0.3) is 5.91 Å². The standard InChI is InChI=1S/C21H29N5O.ClH/c27-21(20-10-14-26(24-20)19-9-6-11-22-16-19)23-17-7-5-8-18(15-17)25-12-3-1-2-4-13-25;/h5,7-8,10,14-15,19,22H,1-4,6,9,11-13,16H2,(H,23,27);1H. The SMILES string of the molecule is Cl.O=C(Nc1cccc(N2CCCCCC2)c1)c1ccn(C2CCCNC2)n1. The van der Waals surface area contributed by atoms with Crippen molar-refractivity contribution in [3.63, 3.8) is 0 Å². The summed E-state index contributed by atoms with van der Waals surface area (Å²) in [6.45, 7) is 4.17. The van der Waals surface area contributed by atoms with Crippen LogP contribution in [0.25, 0.3) is 0 Å². The number of nitrogens with zero attached hydrogens (tertiary/aromatic N) is 3. The summed E-state index contributed by atoms with van der Waals surface area (Å²) in [5.74, 6) is -0.148. The van der Waals surface area contributed by atoms with E-state index in [9.17, 15) is 4.79 Å². The van der Waals surface area contributed by atoms with Crippen molar-refractivity contribution in [1.29, 1.82) is 0 Å². The van der Waals surface area contributed by atoms with Crippen LogP contribution in [0.2, 0.25) is 0 Å². The van der Waals surface area contributed by atoms with Crippen molar-refractivity contribution in [3.8, 4) is 0 Å². The summed E-state index contributed by atoms with van der Waals surface area (Å²) in [7, 11) is 0. The molecule has 3 heterocycles. The number of rotatable bonds is 4. The lowest BCUT2D eigenvalue weighted by molar-refractivity contribution is 0.102. The van der Waals surface area contributed by atoms with Gasteiger partial charge in [0.05, 0.1) is 6.04 Å². The van der Waals surface area contributed by atoms with Gasteiger partial charge in [-0.3, -0.25) is 9.48 Å². The van der Waals surface area contributed by atoms with Crippen LogP contribution in [0.4, 0.5) is 11.4 Å². The van der Waals surface area contributed by atoms with Gasteiger partial charge in [-0.2, -0.15) is 5.10 Å². The van der Waals surface area contributed by atoms with Crippen molar-refractivity contribution >= 4 is 29.7 Å². The first-order valence-corrected chi connectivity index (χ1v) is 10.2. The number of halogens is 1. The Labute approximate surface area is 173 Å². The second kappa shape index (κ2) is 9.94. The Morgan fingerprint density at radius 2 is 1.93 bits per heavy atom. The van der Waals surface area contributed by atoms with Crippen LogP contribution < -0.4 is 15.5 Å². The highest BCUT2D eigenvalue weighted by Crippen LogP contribution is 2.23. The number of aromatic nitrogens is 2. The largest absolute Gasteiger partial charge is 0.371 e. The minimum absolute atomic E-state index is 0. The molecule has 0 radical (unpaired) electrons. The zero-order chi connectivity index (χ0) is 18.5. The van der Waals surface area contributed by atoms with Crippen molar-refractivity contribution in [1.82, 2.24) is 15.1 Å². The van der Waals surface area contributed by atoms with Crippen LogP contribution in [-0.2, 0) is 0 Å². The number of anilines is 2. The van der Waals surface area contributed by atoms with Crippen molar-refractivity contribution in [2.75, 3.05) is 36.4 Å². The van der Waals surface area contributed by atoms with Crippen LogP contribution in [0.15, 0.2) is 36.5 Å². The Bertz CT molecular complexity index is 764. The lowest BCUT2D eigenvalue weighted by Gasteiger charge is -2.23. The number of carbonyl (C=O) groups is 1. The molecule has 1 amide bonds. The summed E-state index contributed by atoms with van der Waals surface area (Å²) >= 11 is 0. The van der Waals surface area contributed by atoms with Crippen LogP contribution in [0.3, 0.4) is 0 Å². The van der Waals surface area contributed by atoms with E-state index in [1.54, 1.807) is 0 Å². The second-order valence-corrected chi connectivity index (χ2v) is 7.59. The lowest BCUT2D eigenvalue weighted by Crippen LogP contribution is -2.32. The molecule has 1 aromatic heterocycles. The van der Waals surface area contributed by atoms with Crippen molar-refractivity contribution < 1.29 is 4.79 Å². The topological polar surface area (TPSA) is 62.2 Å². The molecule has 2 N–H and O–H groups in total. The van der Waals surface area contributed by atoms with E-state index in [-0.39, 0.29) is 18.3 Å². The Balaban J connectivity index is 0.00000225. The van der Waals surface area contributed by atoms with E-state index in [0.717, 1.165) is 44.7 Å². The molecule has 2 aliphatic heterocycles. The molecular weight excluding hydrogens is 374 g/mol. The molecule has 4 rings (SSSR count). The smallest absolute Gasteiger partial charge is 0.276 e. The van der Waals surface area contributed by atoms with E-state index in [1.807, 2.05) is 29.1 Å². The van der Waals surface area contributed by atoms with Gasteiger partial charge >= 0.3 is 0 Å². The summed E-state index contributed by atoms with van der Waals surface area (Å²) < 4.78 is 1.93. The summed E-state index contributed by atoms with van der Waals surface area (Å²) in [4.78, 5) is 15.1. The Morgan fingerprint density at radius 1 is 1.11 bits per heavy atom. The molecule has 1 unspecified atom stereocenters. The number of carbonyl (C=O) groups excluding carboxylic acids is 1. The zero-order valence-corrected chi connectivity index (χ0v) is 17.1. The molecule has 1 atom stereocenters. The average molecular weight is 404 g/mol. The van der Waals surface area contributed by atoms with Crippen LogP contribution in [0, 0.1) is 0 Å². The summed E-state index contributed by atoms with van der Waals surface area (Å²) in [5, 5.41) is 10.9. The van der Waals surface area contributed by atoms with Crippen LogP contribution in [0.5, 0.6) is 0 Å². The third-order valence-corrected chi connectivity index (χ3v) is 5.56. The average Bonchev–Trinajstić information content (AvgIpc) is 3.05. The van der Waals surface area contributed by atoms with E-state index in [0.29, 0.717) is 11.7 Å². The van der Waals surface area contributed by atoms with E-state index in [2.05, 4.69) is 32.8 Å². The molecule has 6 nitrogen and oxygen atoms in total. The van der Waals surface area contributed by atoms with Crippen molar-refractivity contribution in [2.24, 2.45) is 0 Å². The number of benzene rings is 1. The summed E-state index contributed by atoms with van der Waals surface area (Å²) in [6.07, 6.45) is 9.27. The highest BCUT2D eigenvalue weighted by Gasteiger charge is 2.18. The summed E-state index contributed by atoms with van der Waals surface area (Å²) in [6, 6.07) is 10.3. The van der Waals surface area contributed by atoms with Crippen LogP contribution in [-0.4, -0.2) is 41.9 Å². The molecule has 2 fully saturated rings. The van der Waals surface area contributed by atoms with Gasteiger partial charge in [-0.05, 0) is 56.5 Å². The maximum Gasteiger partial charge on any atom is 0.276 e. The first-order chi connectivity index (χ1) is 13.3. The van der Waals surface area contributed by atoms with Crippen LogP contribution >= 0.6 is 12.4 Å². The fourth-order valence-corrected chi connectivity index (χ4v) is 4.03. The third-order valence-electron chi connectivity index (χ3n) is 5.56. The lowest BCUT2D eigenvalue weighted by atomic mass is 10.1. The fourth-order valence-electron chi connectivity index (χ4n) is 4.03. The molecule has 0 saturated carbocycles. The van der Waals surface area contributed by atoms with Gasteiger partial charge in [-0.25, -0.2) is 0 Å². The molecule has 0 spiro atoms. The van der Waals surface area contributed by atoms with E-state index in [4.69, 9.17) is 0 Å². The number of hydrogen-bond donors (Lipinski definition) is 2. The minimum atomic E-state index is -0.148. The Kier molecular flexibility index (Phi) is 7.34. The van der Waals surface area contributed by atoms with Gasteiger partial charge in [0, 0.05) is 37.2 Å². The molecule has 0 bridgehead atoms. The zero-order valence-electron chi connectivity index (χ0n) is 16.3. The number of piperidine rings is 1. The van der Waals surface area contributed by atoms with E-state index >= 15 is 0 Å². The van der Waals surface area contributed by atoms with Crippen molar-refractivity contribution in [2.45, 2.75) is 44.6 Å². The first kappa shape index (κ1) is 20.7. The molecule has 28 heavy (non-hydrogen) atoms. The molecule has 2 aliphatic rings. The van der Waals surface area contributed by atoms with Gasteiger partial charge in [0.2, 0.25) is 0 Å². The van der Waals surface area contributed by atoms with Gasteiger partial charge in [0.15, 0.2) is 5.69 Å². The Hall–Kier alpha value is -2.05. The predicted octanol–water partition coefficient (Wildman–Crippen LogP) is 3.86. The second-order valence-electron chi connectivity index (χ2n) is 7.59. The van der Waals surface area contributed by atoms with Gasteiger partial charge < -0.3 is 15.5 Å². The van der Waals surface area contributed by atoms with E-state index in [1.165, 1.54) is 31.4 Å². The maximum atomic E-state index is 12.6. The maximum absolute atomic E-state index is 12.6.